The third kappa shape index (κ3) is 5.19. The van der Waals surface area contributed by atoms with Crippen molar-refractivity contribution in [3.63, 3.8) is 0 Å². The molecule has 0 bridgehead atoms. The summed E-state index contributed by atoms with van der Waals surface area (Å²) in [6.45, 7) is 1.26. The molecule has 0 aliphatic heterocycles. The van der Waals surface area contributed by atoms with Gasteiger partial charge in [-0.3, -0.25) is 9.59 Å². The quantitative estimate of drug-likeness (QED) is 0.620. The van der Waals surface area contributed by atoms with Gasteiger partial charge in [0.05, 0.1) is 5.56 Å². The summed E-state index contributed by atoms with van der Waals surface area (Å²) in [6, 6.07) is 23.3. The Morgan fingerprint density at radius 3 is 2.33 bits per heavy atom. The van der Waals surface area contributed by atoms with E-state index in [1.807, 2.05) is 36.4 Å². The van der Waals surface area contributed by atoms with Gasteiger partial charge < -0.3 is 14.8 Å². The molecule has 3 aromatic carbocycles. The van der Waals surface area contributed by atoms with Crippen LogP contribution in [0.15, 0.2) is 78.9 Å². The van der Waals surface area contributed by atoms with Gasteiger partial charge in [-0.25, -0.2) is 0 Å². The molecule has 0 aromatic heterocycles. The van der Waals surface area contributed by atoms with Crippen molar-refractivity contribution in [3.8, 4) is 17.2 Å². The molecule has 3 aromatic rings. The van der Waals surface area contributed by atoms with E-state index in [0.717, 1.165) is 0 Å². The number of benzene rings is 3. The summed E-state index contributed by atoms with van der Waals surface area (Å²) < 4.78 is 11.2. The number of hydrogen-bond donors (Lipinski definition) is 1. The van der Waals surface area contributed by atoms with Gasteiger partial charge in [-0.05, 0) is 43.3 Å². The molecule has 27 heavy (non-hydrogen) atoms. The van der Waals surface area contributed by atoms with Crippen LogP contribution >= 0.6 is 0 Å². The van der Waals surface area contributed by atoms with E-state index in [2.05, 4.69) is 5.32 Å². The van der Waals surface area contributed by atoms with Crippen LogP contribution in [0, 0.1) is 0 Å². The average molecular weight is 361 g/mol. The molecule has 0 aliphatic carbocycles. The third-order valence-corrected chi connectivity index (χ3v) is 3.72. The average Bonchev–Trinajstić information content (AvgIpc) is 2.67. The van der Waals surface area contributed by atoms with Crippen molar-refractivity contribution in [2.45, 2.75) is 6.92 Å². The zero-order valence-corrected chi connectivity index (χ0v) is 14.8. The number of nitrogens with one attached hydrogen (secondary N) is 1. The highest BCUT2D eigenvalue weighted by molar-refractivity contribution is 5.97. The summed E-state index contributed by atoms with van der Waals surface area (Å²) in [5.74, 6) is 1.27. The number of anilines is 1. The van der Waals surface area contributed by atoms with Crippen molar-refractivity contribution < 1.29 is 19.1 Å². The van der Waals surface area contributed by atoms with Gasteiger partial charge in [0.25, 0.3) is 5.91 Å². The molecule has 5 nitrogen and oxygen atoms in total. The maximum absolute atomic E-state index is 12.2. The molecule has 1 N–H and O–H groups in total. The fraction of sp³-hybridized carbons (Fsp3) is 0.0909. The van der Waals surface area contributed by atoms with Crippen LogP contribution in [0.1, 0.15) is 17.3 Å². The Balaban J connectivity index is 1.60. The molecule has 0 heterocycles. The minimum atomic E-state index is -0.329. The van der Waals surface area contributed by atoms with E-state index in [1.54, 1.807) is 42.5 Å². The lowest BCUT2D eigenvalue weighted by Gasteiger charge is -2.11. The van der Waals surface area contributed by atoms with Gasteiger partial charge in [-0.1, -0.05) is 36.4 Å². The molecule has 0 saturated heterocycles. The van der Waals surface area contributed by atoms with Crippen LogP contribution < -0.4 is 14.8 Å². The van der Waals surface area contributed by atoms with Crippen LogP contribution in [0.5, 0.6) is 17.2 Å². The smallest absolute Gasteiger partial charge is 0.262 e. The molecule has 1 amide bonds. The number of carbonyl (C=O) groups is 2. The highest BCUT2D eigenvalue weighted by atomic mass is 16.5. The summed E-state index contributed by atoms with van der Waals surface area (Å²) in [5.41, 5.74) is 1.04. The first kappa shape index (κ1) is 18.2. The van der Waals surface area contributed by atoms with Crippen LogP contribution in [0.2, 0.25) is 0 Å². The fourth-order valence-corrected chi connectivity index (χ4v) is 2.49. The van der Waals surface area contributed by atoms with E-state index in [0.29, 0.717) is 28.5 Å². The number of ether oxygens (including phenoxy) is 2. The minimum Gasteiger partial charge on any atom is -0.483 e. The lowest BCUT2D eigenvalue weighted by atomic mass is 10.1. The van der Waals surface area contributed by atoms with Gasteiger partial charge in [0.15, 0.2) is 12.4 Å². The van der Waals surface area contributed by atoms with E-state index >= 15 is 0 Å². The summed E-state index contributed by atoms with van der Waals surface area (Å²) >= 11 is 0. The predicted molar refractivity (Wildman–Crippen MR) is 104 cm³/mol. The van der Waals surface area contributed by atoms with Crippen molar-refractivity contribution in [1.29, 1.82) is 0 Å². The number of hydrogen-bond acceptors (Lipinski definition) is 4. The second kappa shape index (κ2) is 8.67. The Morgan fingerprint density at radius 1 is 0.852 bits per heavy atom. The first-order valence-corrected chi connectivity index (χ1v) is 8.47. The molecule has 0 radical (unpaired) electrons. The number of carbonyl (C=O) groups excluding carboxylic acids is 2. The summed E-state index contributed by atoms with van der Waals surface area (Å²) in [6.07, 6.45) is 0. The van der Waals surface area contributed by atoms with Crippen molar-refractivity contribution in [2.24, 2.45) is 0 Å². The van der Waals surface area contributed by atoms with Crippen LogP contribution in [-0.2, 0) is 4.79 Å². The predicted octanol–water partition coefficient (Wildman–Crippen LogP) is 4.70. The van der Waals surface area contributed by atoms with Gasteiger partial charge in [0.1, 0.15) is 17.2 Å². The fourth-order valence-electron chi connectivity index (χ4n) is 2.49. The molecular weight excluding hydrogens is 342 g/mol. The molecule has 0 saturated carbocycles. The van der Waals surface area contributed by atoms with Gasteiger partial charge in [-0.2, -0.15) is 0 Å². The van der Waals surface area contributed by atoms with Crippen LogP contribution in [0.3, 0.4) is 0 Å². The molecule has 0 spiro atoms. The Bertz CT molecular complexity index is 938. The van der Waals surface area contributed by atoms with E-state index in [4.69, 9.17) is 9.47 Å². The third-order valence-electron chi connectivity index (χ3n) is 3.72. The summed E-state index contributed by atoms with van der Waals surface area (Å²) in [4.78, 5) is 23.8. The molecule has 5 heteroatoms. The Morgan fingerprint density at radius 2 is 1.56 bits per heavy atom. The Kier molecular flexibility index (Phi) is 5.84. The van der Waals surface area contributed by atoms with Crippen molar-refractivity contribution in [3.05, 3.63) is 84.4 Å². The highest BCUT2D eigenvalue weighted by Gasteiger charge is 2.10. The zero-order valence-electron chi connectivity index (χ0n) is 14.8. The van der Waals surface area contributed by atoms with Crippen LogP contribution in [-0.4, -0.2) is 18.3 Å². The maximum Gasteiger partial charge on any atom is 0.262 e. The standard InChI is InChI=1S/C22H19NO4/c1-16(24)20-12-5-6-13-21(20)26-15-22(25)23-17-8-7-11-19(14-17)27-18-9-3-2-4-10-18/h2-14H,15H2,1H3,(H,23,25). The number of para-hydroxylation sites is 2. The topological polar surface area (TPSA) is 64.6 Å². The first-order chi connectivity index (χ1) is 13.1. The van der Waals surface area contributed by atoms with Crippen molar-refractivity contribution in [2.75, 3.05) is 11.9 Å². The molecule has 0 aliphatic rings. The second-order valence-corrected chi connectivity index (χ2v) is 5.83. The second-order valence-electron chi connectivity index (χ2n) is 5.83. The molecule has 0 unspecified atom stereocenters. The number of ketones is 1. The van der Waals surface area contributed by atoms with Crippen LogP contribution in [0.4, 0.5) is 5.69 Å². The van der Waals surface area contributed by atoms with Crippen molar-refractivity contribution >= 4 is 17.4 Å². The van der Waals surface area contributed by atoms with Gasteiger partial charge >= 0.3 is 0 Å². The largest absolute Gasteiger partial charge is 0.483 e. The van der Waals surface area contributed by atoms with Gasteiger partial charge in [0.2, 0.25) is 0 Å². The number of rotatable bonds is 7. The molecule has 136 valence electrons. The Hall–Kier alpha value is -3.60. The maximum atomic E-state index is 12.2. The van der Waals surface area contributed by atoms with Gasteiger partial charge in [-0.15, -0.1) is 0 Å². The molecule has 3 rings (SSSR count). The van der Waals surface area contributed by atoms with E-state index in [1.165, 1.54) is 6.92 Å². The highest BCUT2D eigenvalue weighted by Crippen LogP contribution is 2.24. The Labute approximate surface area is 157 Å². The van der Waals surface area contributed by atoms with E-state index in [-0.39, 0.29) is 18.3 Å². The van der Waals surface area contributed by atoms with Gasteiger partial charge in [0, 0.05) is 11.8 Å². The normalized spacial score (nSPS) is 10.1. The van der Waals surface area contributed by atoms with Crippen molar-refractivity contribution in [1.82, 2.24) is 0 Å². The van der Waals surface area contributed by atoms with E-state index in [9.17, 15) is 9.59 Å². The molecular formula is C22H19NO4. The monoisotopic (exact) mass is 361 g/mol. The molecule has 0 fully saturated rings. The molecule has 0 atom stereocenters. The SMILES string of the molecule is CC(=O)c1ccccc1OCC(=O)Nc1cccc(Oc2ccccc2)c1. The summed E-state index contributed by atoms with van der Waals surface area (Å²) in [5, 5.41) is 2.76. The first-order valence-electron chi connectivity index (χ1n) is 8.47. The van der Waals surface area contributed by atoms with Crippen LogP contribution in [0.25, 0.3) is 0 Å². The number of amides is 1. The minimum absolute atomic E-state index is 0.114. The lowest BCUT2D eigenvalue weighted by molar-refractivity contribution is -0.118. The number of Topliss-reactive ketones (excluding diaryl/α,β-unsaturated/α-hetero) is 1. The lowest BCUT2D eigenvalue weighted by Crippen LogP contribution is -2.20. The van der Waals surface area contributed by atoms with E-state index < -0.39 is 0 Å². The zero-order chi connectivity index (χ0) is 19.1. The summed E-state index contributed by atoms with van der Waals surface area (Å²) in [7, 11) is 0.